The molecule has 39 heavy (non-hydrogen) atoms. The summed E-state index contributed by atoms with van der Waals surface area (Å²) in [5, 5.41) is 24.1. The third kappa shape index (κ3) is 5.35. The largest absolute Gasteiger partial charge is 0.478 e. The van der Waals surface area contributed by atoms with Gasteiger partial charge in [-0.3, -0.25) is 4.79 Å². The maximum Gasteiger partial charge on any atom is 0.416 e. The van der Waals surface area contributed by atoms with E-state index in [2.05, 4.69) is 20.8 Å². The first kappa shape index (κ1) is 25.6. The minimum Gasteiger partial charge on any atom is -0.478 e. The number of amides is 1. The Hall–Kier alpha value is -5.00. The molecule has 0 spiro atoms. The van der Waals surface area contributed by atoms with Gasteiger partial charge < -0.3 is 14.9 Å². The smallest absolute Gasteiger partial charge is 0.416 e. The fraction of sp³-hybridized carbons (Fsp3) is 0.148. The minimum atomic E-state index is -4.45. The Kier molecular flexibility index (Phi) is 6.60. The van der Waals surface area contributed by atoms with Gasteiger partial charge in [-0.1, -0.05) is 34.6 Å². The molecular weight excluding hydrogens is 515 g/mol. The first-order chi connectivity index (χ1) is 18.6. The second-order valence-corrected chi connectivity index (χ2v) is 8.87. The van der Waals surface area contributed by atoms with Gasteiger partial charge in [-0.25, -0.2) is 9.48 Å². The Morgan fingerprint density at radius 1 is 1.05 bits per heavy atom. The van der Waals surface area contributed by atoms with Crippen LogP contribution in [0.25, 0.3) is 22.2 Å². The number of hydrogen-bond acceptors (Lipinski definition) is 6. The number of halogens is 3. The highest BCUT2D eigenvalue weighted by Crippen LogP contribution is 2.30. The highest BCUT2D eigenvalue weighted by atomic mass is 19.4. The van der Waals surface area contributed by atoms with Crippen LogP contribution in [0.4, 0.5) is 13.2 Å². The molecule has 2 aromatic heterocycles. The molecule has 0 saturated heterocycles. The van der Waals surface area contributed by atoms with Gasteiger partial charge in [-0.15, -0.1) is 5.10 Å². The monoisotopic (exact) mass is 535 g/mol. The molecule has 0 saturated carbocycles. The maximum absolute atomic E-state index is 13.6. The summed E-state index contributed by atoms with van der Waals surface area (Å²) in [5.41, 5.74) is 2.82. The molecule has 9 nitrogen and oxygen atoms in total. The highest BCUT2D eigenvalue weighted by molar-refractivity contribution is 6.06. The van der Waals surface area contributed by atoms with Crippen LogP contribution < -0.4 is 5.32 Å². The zero-order chi connectivity index (χ0) is 27.7. The Labute approximate surface area is 218 Å². The van der Waals surface area contributed by atoms with E-state index in [-0.39, 0.29) is 17.7 Å². The SMILES string of the molecule is C[C@H](NC(=O)c1cc(-c2cnoc2)cc2nnn(Cc3ccc(C(F)(F)F)cc3)c12)c1ccc(C(=O)O)cc1. The van der Waals surface area contributed by atoms with Gasteiger partial charge in [-0.2, -0.15) is 13.2 Å². The molecule has 198 valence electrons. The summed E-state index contributed by atoms with van der Waals surface area (Å²) >= 11 is 0. The van der Waals surface area contributed by atoms with E-state index in [4.69, 9.17) is 9.63 Å². The summed E-state index contributed by atoms with van der Waals surface area (Å²) in [7, 11) is 0. The normalized spacial score (nSPS) is 12.4. The number of aromatic carboxylic acids is 1. The molecule has 1 atom stereocenters. The van der Waals surface area contributed by atoms with Crippen molar-refractivity contribution >= 4 is 22.9 Å². The zero-order valence-corrected chi connectivity index (χ0v) is 20.3. The van der Waals surface area contributed by atoms with E-state index in [1.54, 1.807) is 31.2 Å². The lowest BCUT2D eigenvalue weighted by Gasteiger charge is -2.16. The molecule has 0 radical (unpaired) electrons. The number of carboxylic acids is 1. The van der Waals surface area contributed by atoms with E-state index in [0.717, 1.165) is 12.1 Å². The lowest BCUT2D eigenvalue weighted by Crippen LogP contribution is -2.27. The summed E-state index contributed by atoms with van der Waals surface area (Å²) < 4.78 is 45.3. The van der Waals surface area contributed by atoms with Gasteiger partial charge in [0.05, 0.1) is 35.5 Å². The first-order valence-electron chi connectivity index (χ1n) is 11.7. The molecule has 0 fully saturated rings. The van der Waals surface area contributed by atoms with E-state index in [0.29, 0.717) is 33.3 Å². The molecule has 3 aromatic carbocycles. The van der Waals surface area contributed by atoms with Gasteiger partial charge in [-0.05, 0) is 60.0 Å². The molecule has 1 amide bonds. The number of fused-ring (bicyclic) bond motifs is 1. The van der Waals surface area contributed by atoms with Crippen molar-refractivity contribution in [1.29, 1.82) is 0 Å². The van der Waals surface area contributed by atoms with Crippen molar-refractivity contribution in [2.75, 3.05) is 0 Å². The molecule has 0 unspecified atom stereocenters. The van der Waals surface area contributed by atoms with E-state index < -0.39 is 29.7 Å². The van der Waals surface area contributed by atoms with Gasteiger partial charge in [0.1, 0.15) is 17.3 Å². The number of alkyl halides is 3. The minimum absolute atomic E-state index is 0.0771. The predicted molar refractivity (Wildman–Crippen MR) is 133 cm³/mol. The number of benzene rings is 3. The summed E-state index contributed by atoms with van der Waals surface area (Å²) in [6.07, 6.45) is -1.54. The van der Waals surface area contributed by atoms with Crippen LogP contribution in [-0.4, -0.2) is 37.1 Å². The number of aromatic nitrogens is 4. The summed E-state index contributed by atoms with van der Waals surface area (Å²) in [6, 6.07) is 13.7. The van der Waals surface area contributed by atoms with Gasteiger partial charge in [0.2, 0.25) is 0 Å². The number of nitrogens with one attached hydrogen (secondary N) is 1. The molecular formula is C27H20F3N5O4. The van der Waals surface area contributed by atoms with E-state index in [1.165, 1.54) is 41.4 Å². The number of carboxylic acid groups (broad SMARTS) is 1. The standard InChI is InChI=1S/C27H20F3N5O4/c1-15(17-4-6-18(7-5-17)26(37)38)32-25(36)22-10-19(20-12-31-39-14-20)11-23-24(22)35(34-33-23)13-16-2-8-21(9-3-16)27(28,29)30/h2-12,14-15H,13H2,1H3,(H,32,36)(H,37,38)/t15-/m0/s1. The predicted octanol–water partition coefficient (Wildman–Crippen LogP) is 5.34. The van der Waals surface area contributed by atoms with Crippen LogP contribution in [0.3, 0.4) is 0 Å². The van der Waals surface area contributed by atoms with E-state index in [9.17, 15) is 22.8 Å². The van der Waals surface area contributed by atoms with Gasteiger partial charge >= 0.3 is 12.1 Å². The van der Waals surface area contributed by atoms with Crippen LogP contribution >= 0.6 is 0 Å². The zero-order valence-electron chi connectivity index (χ0n) is 20.3. The Morgan fingerprint density at radius 3 is 2.38 bits per heavy atom. The van der Waals surface area contributed by atoms with Crippen LogP contribution in [0, 0.1) is 0 Å². The topological polar surface area (TPSA) is 123 Å². The molecule has 0 aliphatic heterocycles. The average molecular weight is 535 g/mol. The highest BCUT2D eigenvalue weighted by Gasteiger charge is 2.30. The number of carbonyl (C=O) groups is 2. The van der Waals surface area contributed by atoms with Crippen LogP contribution in [-0.2, 0) is 12.7 Å². The van der Waals surface area contributed by atoms with Gasteiger partial charge in [0.25, 0.3) is 5.91 Å². The molecule has 2 N–H and O–H groups in total. The van der Waals surface area contributed by atoms with Crippen LogP contribution in [0.1, 0.15) is 50.4 Å². The van der Waals surface area contributed by atoms with Crippen molar-refractivity contribution < 1.29 is 32.4 Å². The molecule has 2 heterocycles. The second kappa shape index (κ2) is 10.0. The lowest BCUT2D eigenvalue weighted by atomic mass is 10.0. The first-order valence-corrected chi connectivity index (χ1v) is 11.7. The van der Waals surface area contributed by atoms with Crippen molar-refractivity contribution in [2.45, 2.75) is 25.7 Å². The second-order valence-electron chi connectivity index (χ2n) is 8.87. The van der Waals surface area contributed by atoms with Crippen molar-refractivity contribution in [3.8, 4) is 11.1 Å². The fourth-order valence-corrected chi connectivity index (χ4v) is 4.16. The van der Waals surface area contributed by atoms with Crippen molar-refractivity contribution in [3.05, 3.63) is 101 Å². The summed E-state index contributed by atoms with van der Waals surface area (Å²) in [6.45, 7) is 1.83. The maximum atomic E-state index is 13.6. The number of rotatable bonds is 7. The van der Waals surface area contributed by atoms with Crippen LogP contribution in [0.15, 0.2) is 77.6 Å². The van der Waals surface area contributed by atoms with Crippen molar-refractivity contribution in [1.82, 2.24) is 25.5 Å². The Bertz CT molecular complexity index is 1640. The molecule has 5 aromatic rings. The van der Waals surface area contributed by atoms with E-state index >= 15 is 0 Å². The molecule has 12 heteroatoms. The fourth-order valence-electron chi connectivity index (χ4n) is 4.16. The Morgan fingerprint density at radius 2 is 1.77 bits per heavy atom. The van der Waals surface area contributed by atoms with Gasteiger partial charge in [0, 0.05) is 5.56 Å². The third-order valence-corrected chi connectivity index (χ3v) is 6.24. The molecule has 0 bridgehead atoms. The molecule has 5 rings (SSSR count). The number of carbonyl (C=O) groups excluding carboxylic acids is 1. The third-order valence-electron chi connectivity index (χ3n) is 6.24. The number of nitrogens with zero attached hydrogens (tertiary/aromatic N) is 4. The Balaban J connectivity index is 1.50. The average Bonchev–Trinajstić information content (AvgIpc) is 3.59. The van der Waals surface area contributed by atoms with Crippen LogP contribution in [0.5, 0.6) is 0 Å². The summed E-state index contributed by atoms with van der Waals surface area (Å²) in [5.74, 6) is -1.51. The number of hydrogen-bond donors (Lipinski definition) is 2. The van der Waals surface area contributed by atoms with Crippen molar-refractivity contribution in [2.24, 2.45) is 0 Å². The molecule has 0 aliphatic carbocycles. The van der Waals surface area contributed by atoms with Crippen LogP contribution in [0.2, 0.25) is 0 Å². The van der Waals surface area contributed by atoms with Crippen molar-refractivity contribution in [3.63, 3.8) is 0 Å². The molecule has 0 aliphatic rings. The van der Waals surface area contributed by atoms with E-state index in [1.807, 2.05) is 0 Å². The quantitative estimate of drug-likeness (QED) is 0.288. The lowest BCUT2D eigenvalue weighted by molar-refractivity contribution is -0.137. The van der Waals surface area contributed by atoms with Gasteiger partial charge in [0.15, 0.2) is 0 Å². The summed E-state index contributed by atoms with van der Waals surface area (Å²) in [4.78, 5) is 24.7.